The van der Waals surface area contributed by atoms with Gasteiger partial charge in [-0.1, -0.05) is 19.9 Å². The van der Waals surface area contributed by atoms with Crippen molar-refractivity contribution in [2.45, 2.75) is 20.8 Å². The van der Waals surface area contributed by atoms with E-state index in [1.54, 1.807) is 49.5 Å². The number of carbonyl (C=O) groups is 2. The van der Waals surface area contributed by atoms with Gasteiger partial charge >= 0.3 is 0 Å². The summed E-state index contributed by atoms with van der Waals surface area (Å²) in [5.41, 5.74) is 1.94. The van der Waals surface area contributed by atoms with Gasteiger partial charge in [0.15, 0.2) is 5.11 Å². The molecule has 0 radical (unpaired) electrons. The zero-order valence-electron chi connectivity index (χ0n) is 16.5. The van der Waals surface area contributed by atoms with Crippen molar-refractivity contribution in [3.05, 3.63) is 54.1 Å². The van der Waals surface area contributed by atoms with E-state index < -0.39 is 0 Å². The van der Waals surface area contributed by atoms with E-state index in [2.05, 4.69) is 24.5 Å². The number of rotatable bonds is 6. The maximum atomic E-state index is 12.4. The fourth-order valence-electron chi connectivity index (χ4n) is 2.28. The summed E-state index contributed by atoms with van der Waals surface area (Å²) in [4.78, 5) is 25.3. The number of hydrogen-bond acceptors (Lipinski definition) is 4. The van der Waals surface area contributed by atoms with Gasteiger partial charge < -0.3 is 15.0 Å². The molecule has 6 nitrogen and oxygen atoms in total. The van der Waals surface area contributed by atoms with Crippen LogP contribution in [0.4, 0.5) is 11.4 Å². The van der Waals surface area contributed by atoms with Gasteiger partial charge in [0.1, 0.15) is 5.75 Å². The third-order valence-electron chi connectivity index (χ3n) is 3.89. The summed E-state index contributed by atoms with van der Waals surface area (Å²) in [5, 5.41) is 5.80. The molecule has 0 saturated heterocycles. The first-order valence-electron chi connectivity index (χ1n) is 8.96. The average Bonchev–Trinajstić information content (AvgIpc) is 2.66. The van der Waals surface area contributed by atoms with Crippen LogP contribution in [0.15, 0.2) is 48.5 Å². The minimum absolute atomic E-state index is 0.0527. The topological polar surface area (TPSA) is 70.7 Å². The molecule has 148 valence electrons. The maximum Gasteiger partial charge on any atom is 0.257 e. The molecule has 0 unspecified atom stereocenters. The zero-order chi connectivity index (χ0) is 20.7. The van der Waals surface area contributed by atoms with Crippen LogP contribution in [0, 0.1) is 5.92 Å². The van der Waals surface area contributed by atoms with E-state index in [0.29, 0.717) is 29.5 Å². The molecule has 2 aromatic carbocycles. The molecular weight excluding hydrogens is 374 g/mol. The molecule has 0 aliphatic rings. The first-order valence-corrected chi connectivity index (χ1v) is 9.36. The van der Waals surface area contributed by atoms with Gasteiger partial charge in [-0.2, -0.15) is 0 Å². The third-order valence-corrected chi connectivity index (χ3v) is 4.10. The van der Waals surface area contributed by atoms with Crippen molar-refractivity contribution in [1.29, 1.82) is 0 Å². The quantitative estimate of drug-likeness (QED) is 0.723. The van der Waals surface area contributed by atoms with Gasteiger partial charge in [0.05, 0.1) is 6.61 Å². The van der Waals surface area contributed by atoms with Crippen LogP contribution in [0.2, 0.25) is 0 Å². The van der Waals surface area contributed by atoms with Crippen LogP contribution in [0.5, 0.6) is 5.75 Å². The Morgan fingerprint density at radius 2 is 1.82 bits per heavy atom. The molecule has 0 heterocycles. The summed E-state index contributed by atoms with van der Waals surface area (Å²) in [6.45, 7) is 6.20. The lowest BCUT2D eigenvalue weighted by Crippen LogP contribution is -2.34. The summed E-state index contributed by atoms with van der Waals surface area (Å²) in [5.74, 6) is 0.671. The normalized spacial score (nSPS) is 10.3. The highest BCUT2D eigenvalue weighted by Crippen LogP contribution is 2.17. The fourth-order valence-corrected chi connectivity index (χ4v) is 2.49. The van der Waals surface area contributed by atoms with Crippen LogP contribution in [0.1, 0.15) is 31.1 Å². The molecule has 2 rings (SSSR count). The van der Waals surface area contributed by atoms with Gasteiger partial charge in [0, 0.05) is 30.9 Å². The summed E-state index contributed by atoms with van der Waals surface area (Å²) in [6.07, 6.45) is 0. The van der Waals surface area contributed by atoms with E-state index in [1.807, 2.05) is 6.07 Å². The van der Waals surface area contributed by atoms with Crippen molar-refractivity contribution in [3.63, 3.8) is 0 Å². The van der Waals surface area contributed by atoms with Gasteiger partial charge in [0.25, 0.3) is 5.91 Å². The number of amides is 2. The van der Waals surface area contributed by atoms with Crippen molar-refractivity contribution < 1.29 is 14.3 Å². The maximum absolute atomic E-state index is 12.4. The minimum atomic E-state index is -0.319. The molecule has 0 bridgehead atoms. The molecule has 28 heavy (non-hydrogen) atoms. The van der Waals surface area contributed by atoms with Crippen LogP contribution in [-0.4, -0.2) is 30.6 Å². The largest absolute Gasteiger partial charge is 0.493 e. The summed E-state index contributed by atoms with van der Waals surface area (Å²) >= 11 is 5.22. The number of nitrogens with one attached hydrogen (secondary N) is 2. The molecular formula is C21H25N3O3S. The van der Waals surface area contributed by atoms with E-state index >= 15 is 0 Å². The fraction of sp³-hybridized carbons (Fsp3) is 0.286. The Hall–Kier alpha value is -2.93. The second-order valence-corrected chi connectivity index (χ2v) is 7.17. The van der Waals surface area contributed by atoms with Crippen LogP contribution >= 0.6 is 12.2 Å². The second-order valence-electron chi connectivity index (χ2n) is 6.77. The third kappa shape index (κ3) is 6.35. The van der Waals surface area contributed by atoms with Crippen LogP contribution in [-0.2, 0) is 4.79 Å². The molecule has 0 saturated carbocycles. The second kappa shape index (κ2) is 9.85. The van der Waals surface area contributed by atoms with Crippen molar-refractivity contribution in [3.8, 4) is 5.75 Å². The molecule has 0 aromatic heterocycles. The highest BCUT2D eigenvalue weighted by Gasteiger charge is 2.10. The van der Waals surface area contributed by atoms with E-state index in [9.17, 15) is 9.59 Å². The predicted molar refractivity (Wildman–Crippen MR) is 116 cm³/mol. The van der Waals surface area contributed by atoms with Gasteiger partial charge in [-0.25, -0.2) is 0 Å². The molecule has 0 aliphatic carbocycles. The number of hydrogen-bond donors (Lipinski definition) is 2. The summed E-state index contributed by atoms with van der Waals surface area (Å²) < 4.78 is 5.65. The number of nitrogens with zero attached hydrogens (tertiary/aromatic N) is 1. The van der Waals surface area contributed by atoms with Gasteiger partial charge in [0.2, 0.25) is 5.91 Å². The van der Waals surface area contributed by atoms with Crippen LogP contribution in [0.25, 0.3) is 0 Å². The van der Waals surface area contributed by atoms with E-state index in [1.165, 1.54) is 11.8 Å². The average molecular weight is 400 g/mol. The Balaban J connectivity index is 1.94. The molecule has 2 amide bonds. The smallest absolute Gasteiger partial charge is 0.257 e. The number of carbonyl (C=O) groups excluding carboxylic acids is 2. The predicted octanol–water partition coefficient (Wildman–Crippen LogP) is 3.83. The Morgan fingerprint density at radius 3 is 2.43 bits per heavy atom. The van der Waals surface area contributed by atoms with E-state index in [-0.39, 0.29) is 16.9 Å². The lowest BCUT2D eigenvalue weighted by Gasteiger charge is -2.16. The van der Waals surface area contributed by atoms with Crippen LogP contribution in [0.3, 0.4) is 0 Å². The lowest BCUT2D eigenvalue weighted by atomic mass is 10.2. The SMILES string of the molecule is CC(=O)N(C)c1ccc(NC(=S)NC(=O)c2cccc(OCC(C)C)c2)cc1. The standard InChI is InChI=1S/C21H25N3O3S/c1-14(2)13-27-19-7-5-6-16(12-19)20(26)23-21(28)22-17-8-10-18(11-9-17)24(4)15(3)25/h5-12,14H,13H2,1-4H3,(H2,22,23,26,28). The Morgan fingerprint density at radius 1 is 1.14 bits per heavy atom. The van der Waals surface area contributed by atoms with Crippen molar-refractivity contribution in [2.75, 3.05) is 23.9 Å². The van der Waals surface area contributed by atoms with Crippen molar-refractivity contribution in [1.82, 2.24) is 5.32 Å². The molecule has 0 fully saturated rings. The summed E-state index contributed by atoms with van der Waals surface area (Å²) in [7, 11) is 1.70. The van der Waals surface area contributed by atoms with Gasteiger partial charge in [-0.05, 0) is 60.6 Å². The number of thiocarbonyl (C=S) groups is 1. The lowest BCUT2D eigenvalue weighted by molar-refractivity contribution is -0.116. The highest BCUT2D eigenvalue weighted by molar-refractivity contribution is 7.80. The Labute approximate surface area is 170 Å². The molecule has 7 heteroatoms. The molecule has 2 N–H and O–H groups in total. The minimum Gasteiger partial charge on any atom is -0.493 e. The Kier molecular flexibility index (Phi) is 7.52. The molecule has 0 atom stereocenters. The number of anilines is 2. The monoisotopic (exact) mass is 399 g/mol. The zero-order valence-corrected chi connectivity index (χ0v) is 17.3. The van der Waals surface area contributed by atoms with Crippen molar-refractivity contribution >= 4 is 40.5 Å². The highest BCUT2D eigenvalue weighted by atomic mass is 32.1. The van der Waals surface area contributed by atoms with Crippen LogP contribution < -0.4 is 20.3 Å². The first kappa shape index (κ1) is 21.4. The van der Waals surface area contributed by atoms with Crippen molar-refractivity contribution in [2.24, 2.45) is 5.92 Å². The Bertz CT molecular complexity index is 850. The molecule has 0 spiro atoms. The van der Waals surface area contributed by atoms with E-state index in [0.717, 1.165) is 5.69 Å². The number of benzene rings is 2. The first-order chi connectivity index (χ1) is 13.3. The van der Waals surface area contributed by atoms with Gasteiger partial charge in [-0.15, -0.1) is 0 Å². The van der Waals surface area contributed by atoms with E-state index in [4.69, 9.17) is 17.0 Å². The van der Waals surface area contributed by atoms with Gasteiger partial charge in [-0.3, -0.25) is 14.9 Å². The number of ether oxygens (including phenoxy) is 1. The summed E-state index contributed by atoms with van der Waals surface area (Å²) in [6, 6.07) is 14.1. The molecule has 0 aliphatic heterocycles. The molecule has 2 aromatic rings.